The fourth-order valence-electron chi connectivity index (χ4n) is 3.05. The minimum atomic E-state index is -0.591. The van der Waals surface area contributed by atoms with Crippen molar-refractivity contribution in [2.75, 3.05) is 23.8 Å². The number of carbonyl (C=O) groups is 2. The molecule has 0 heterocycles. The Labute approximate surface area is 208 Å². The minimum Gasteiger partial charge on any atom is -0.490 e. The van der Waals surface area contributed by atoms with Crippen LogP contribution in [-0.4, -0.2) is 25.0 Å². The molecule has 0 bridgehead atoms. The van der Waals surface area contributed by atoms with Crippen LogP contribution in [0.5, 0.6) is 11.5 Å². The molecule has 0 unspecified atom stereocenters. The van der Waals surface area contributed by atoms with Crippen LogP contribution >= 0.6 is 11.6 Å². The smallest absolute Gasteiger partial charge is 0.266 e. The molecule has 0 saturated carbocycles. The molecule has 3 aromatic carbocycles. The summed E-state index contributed by atoms with van der Waals surface area (Å²) < 4.78 is 11.3. The molecule has 0 fully saturated rings. The number of hydrogen-bond acceptors (Lipinski definition) is 5. The van der Waals surface area contributed by atoms with Crippen molar-refractivity contribution in [2.24, 2.45) is 0 Å². The summed E-state index contributed by atoms with van der Waals surface area (Å²) in [5.41, 5.74) is 2.61. The number of aryl methyl sites for hydroxylation is 1. The molecule has 0 spiro atoms. The molecule has 0 aliphatic carbocycles. The number of ether oxygens (including phenoxy) is 2. The average molecular weight is 490 g/mol. The summed E-state index contributed by atoms with van der Waals surface area (Å²) in [7, 11) is 0. The number of nitrogens with one attached hydrogen (secondary N) is 2. The second-order valence-corrected chi connectivity index (χ2v) is 7.85. The zero-order valence-corrected chi connectivity index (χ0v) is 20.1. The molecule has 3 rings (SSSR count). The highest BCUT2D eigenvalue weighted by atomic mass is 35.5. The van der Waals surface area contributed by atoms with Gasteiger partial charge in [-0.1, -0.05) is 47.5 Å². The Morgan fingerprint density at radius 1 is 1.00 bits per heavy atom. The van der Waals surface area contributed by atoms with Gasteiger partial charge in [-0.25, -0.2) is 0 Å². The highest BCUT2D eigenvalue weighted by Gasteiger charge is 2.13. The van der Waals surface area contributed by atoms with E-state index in [1.165, 1.54) is 6.08 Å². The monoisotopic (exact) mass is 489 g/mol. The maximum Gasteiger partial charge on any atom is 0.266 e. The molecule has 0 atom stereocenters. The van der Waals surface area contributed by atoms with Gasteiger partial charge >= 0.3 is 0 Å². The molecule has 3 aromatic rings. The molecule has 7 nitrogen and oxygen atoms in total. The van der Waals surface area contributed by atoms with E-state index in [1.54, 1.807) is 42.5 Å². The molecule has 8 heteroatoms. The zero-order chi connectivity index (χ0) is 25.2. The number of anilines is 2. The first-order valence-electron chi connectivity index (χ1n) is 10.8. The van der Waals surface area contributed by atoms with Crippen LogP contribution in [0.15, 0.2) is 72.3 Å². The van der Waals surface area contributed by atoms with Gasteiger partial charge in [-0.15, -0.1) is 0 Å². The summed E-state index contributed by atoms with van der Waals surface area (Å²) >= 11 is 6.08. The van der Waals surface area contributed by atoms with Gasteiger partial charge in [0.25, 0.3) is 11.8 Å². The molecule has 35 heavy (non-hydrogen) atoms. The van der Waals surface area contributed by atoms with Gasteiger partial charge in [0.15, 0.2) is 18.1 Å². The quantitative estimate of drug-likeness (QED) is 0.300. The summed E-state index contributed by atoms with van der Waals surface area (Å²) in [6.45, 7) is 3.92. The van der Waals surface area contributed by atoms with Crippen molar-refractivity contribution >= 4 is 40.9 Å². The van der Waals surface area contributed by atoms with Crippen molar-refractivity contribution in [2.45, 2.75) is 13.8 Å². The number of amides is 2. The first-order valence-corrected chi connectivity index (χ1v) is 11.2. The van der Waals surface area contributed by atoms with E-state index in [1.807, 2.05) is 44.2 Å². The maximum atomic E-state index is 12.6. The molecule has 0 aromatic heterocycles. The van der Waals surface area contributed by atoms with Crippen LogP contribution in [0.3, 0.4) is 0 Å². The molecule has 0 aliphatic rings. The molecular weight excluding hydrogens is 466 g/mol. The highest BCUT2D eigenvalue weighted by molar-refractivity contribution is 6.34. The number of para-hydroxylation sites is 1. The van der Waals surface area contributed by atoms with Crippen molar-refractivity contribution < 1.29 is 19.1 Å². The Morgan fingerprint density at radius 3 is 2.43 bits per heavy atom. The molecule has 0 aliphatic heterocycles. The molecule has 178 valence electrons. The van der Waals surface area contributed by atoms with Gasteiger partial charge < -0.3 is 20.1 Å². The number of carbonyl (C=O) groups excluding carboxylic acids is 2. The summed E-state index contributed by atoms with van der Waals surface area (Å²) in [5, 5.41) is 15.3. The van der Waals surface area contributed by atoms with Gasteiger partial charge in [0.1, 0.15) is 11.6 Å². The third kappa shape index (κ3) is 7.36. The summed E-state index contributed by atoms with van der Waals surface area (Å²) in [5.74, 6) is -0.162. The van der Waals surface area contributed by atoms with Crippen molar-refractivity contribution in [3.05, 3.63) is 88.5 Å². The SMILES string of the molecule is CCOc1cc(/C=C(\C#N)C(=O)Nc2ccccc2Cl)ccc1OCC(=O)Nc1ccc(C)cc1. The first kappa shape index (κ1) is 25.3. The Hall–Kier alpha value is -4.28. The van der Waals surface area contributed by atoms with Crippen molar-refractivity contribution in [3.8, 4) is 17.6 Å². The Kier molecular flexibility index (Phi) is 8.88. The molecular formula is C27H24ClN3O4. The summed E-state index contributed by atoms with van der Waals surface area (Å²) in [4.78, 5) is 24.8. The summed E-state index contributed by atoms with van der Waals surface area (Å²) in [6.07, 6.45) is 1.43. The second kappa shape index (κ2) is 12.3. The molecule has 0 saturated heterocycles. The van der Waals surface area contributed by atoms with Crippen LogP contribution in [-0.2, 0) is 9.59 Å². The first-order chi connectivity index (χ1) is 16.9. The molecule has 0 radical (unpaired) electrons. The van der Waals surface area contributed by atoms with Gasteiger partial charge in [-0.3, -0.25) is 9.59 Å². The van der Waals surface area contributed by atoms with Crippen LogP contribution in [0, 0.1) is 18.3 Å². The van der Waals surface area contributed by atoms with E-state index in [-0.39, 0.29) is 18.1 Å². The largest absolute Gasteiger partial charge is 0.490 e. The lowest BCUT2D eigenvalue weighted by Gasteiger charge is -2.13. The number of rotatable bonds is 9. The minimum absolute atomic E-state index is 0.112. The summed E-state index contributed by atoms with van der Waals surface area (Å²) in [6, 6.07) is 21.0. The van der Waals surface area contributed by atoms with Gasteiger partial charge in [0, 0.05) is 5.69 Å². The third-order valence-electron chi connectivity index (χ3n) is 4.76. The fourth-order valence-corrected chi connectivity index (χ4v) is 3.23. The number of halogens is 1. The second-order valence-electron chi connectivity index (χ2n) is 7.45. The molecule has 2 amide bonds. The van der Waals surface area contributed by atoms with Crippen LogP contribution in [0.4, 0.5) is 11.4 Å². The van der Waals surface area contributed by atoms with Crippen LogP contribution < -0.4 is 20.1 Å². The Bertz CT molecular complexity index is 1280. The van der Waals surface area contributed by atoms with Gasteiger partial charge in [0.2, 0.25) is 0 Å². The predicted molar refractivity (Wildman–Crippen MR) is 137 cm³/mol. The van der Waals surface area contributed by atoms with Gasteiger partial charge in [-0.05, 0) is 61.9 Å². The van der Waals surface area contributed by atoms with E-state index in [0.29, 0.717) is 40.1 Å². The van der Waals surface area contributed by atoms with Crippen molar-refractivity contribution in [3.63, 3.8) is 0 Å². The third-order valence-corrected chi connectivity index (χ3v) is 5.09. The topological polar surface area (TPSA) is 100 Å². The zero-order valence-electron chi connectivity index (χ0n) is 19.3. The van der Waals surface area contributed by atoms with E-state index in [0.717, 1.165) is 5.56 Å². The number of benzene rings is 3. The normalized spacial score (nSPS) is 10.7. The Morgan fingerprint density at radius 2 is 1.74 bits per heavy atom. The fraction of sp³-hybridized carbons (Fsp3) is 0.148. The lowest BCUT2D eigenvalue weighted by molar-refractivity contribution is -0.118. The van der Waals surface area contributed by atoms with E-state index < -0.39 is 5.91 Å². The highest BCUT2D eigenvalue weighted by Crippen LogP contribution is 2.30. The number of hydrogen-bond donors (Lipinski definition) is 2. The van der Waals surface area contributed by atoms with Gasteiger partial charge in [0.05, 0.1) is 17.3 Å². The number of nitrogens with zero attached hydrogens (tertiary/aromatic N) is 1. The van der Waals surface area contributed by atoms with Crippen LogP contribution in [0.2, 0.25) is 5.02 Å². The van der Waals surface area contributed by atoms with E-state index in [4.69, 9.17) is 21.1 Å². The molecule has 2 N–H and O–H groups in total. The van der Waals surface area contributed by atoms with Crippen molar-refractivity contribution in [1.29, 1.82) is 5.26 Å². The van der Waals surface area contributed by atoms with Crippen LogP contribution in [0.1, 0.15) is 18.1 Å². The predicted octanol–water partition coefficient (Wildman–Crippen LogP) is 5.61. The average Bonchev–Trinajstić information content (AvgIpc) is 2.85. The van der Waals surface area contributed by atoms with E-state index >= 15 is 0 Å². The lowest BCUT2D eigenvalue weighted by Crippen LogP contribution is -2.20. The number of nitriles is 1. The van der Waals surface area contributed by atoms with E-state index in [9.17, 15) is 14.9 Å². The van der Waals surface area contributed by atoms with Gasteiger partial charge in [-0.2, -0.15) is 5.26 Å². The maximum absolute atomic E-state index is 12.6. The lowest BCUT2D eigenvalue weighted by atomic mass is 10.1. The van der Waals surface area contributed by atoms with Crippen LogP contribution in [0.25, 0.3) is 6.08 Å². The Balaban J connectivity index is 1.71. The van der Waals surface area contributed by atoms with E-state index in [2.05, 4.69) is 10.6 Å². The standard InChI is InChI=1S/C27H24ClN3O4/c1-3-34-25-15-19(14-20(16-29)27(33)31-23-7-5-4-6-22(23)28)10-13-24(25)35-17-26(32)30-21-11-8-18(2)9-12-21/h4-15H,3,17H2,1-2H3,(H,30,32)(H,31,33)/b20-14+. The van der Waals surface area contributed by atoms with Crippen molar-refractivity contribution in [1.82, 2.24) is 0 Å².